The zero-order valence-electron chi connectivity index (χ0n) is 45.1. The summed E-state index contributed by atoms with van der Waals surface area (Å²) in [4.78, 5) is 38.2. The molecule has 0 radical (unpaired) electrons. The fourth-order valence-corrected chi connectivity index (χ4v) is 8.37. The number of hydrogen-bond acceptors (Lipinski definition) is 6. The van der Waals surface area contributed by atoms with Gasteiger partial charge < -0.3 is 14.2 Å². The molecule has 0 saturated heterocycles. The maximum absolute atomic E-state index is 12.9. The van der Waals surface area contributed by atoms with Gasteiger partial charge in [-0.2, -0.15) is 0 Å². The number of unbranched alkanes of at least 4 members (excludes halogenated alkanes) is 32. The number of hydrogen-bond donors (Lipinski definition) is 0. The fourth-order valence-electron chi connectivity index (χ4n) is 8.37. The van der Waals surface area contributed by atoms with Crippen LogP contribution >= 0.6 is 0 Å². The third-order valence-corrected chi connectivity index (χ3v) is 12.8. The predicted molar refractivity (Wildman–Crippen MR) is 293 cm³/mol. The standard InChI is InChI=1S/C62H110O6/c1-4-7-10-13-16-19-22-25-28-30-31-32-35-37-40-43-46-49-52-55-61(64)67-58-59(57-66-60(63)54-51-48-45-42-39-36-33-27-24-21-18-15-12-9-6-3)68-62(65)56-53-50-47-44-41-38-34-29-26-23-20-17-14-11-8-5-2/h7,10,16,19,25,28-29,31-32,34,59H,4-6,8-9,11-15,17-18,20-24,26-27,30,33,35-58H2,1-3H3/b10-7-,19-16-,28-25-,32-31-,34-29-. The van der Waals surface area contributed by atoms with Crippen LogP contribution in [0.5, 0.6) is 0 Å². The van der Waals surface area contributed by atoms with Crippen LogP contribution in [0.2, 0.25) is 0 Å². The first kappa shape index (κ1) is 65.1. The van der Waals surface area contributed by atoms with Crippen molar-refractivity contribution in [3.8, 4) is 0 Å². The molecule has 0 aliphatic heterocycles. The van der Waals surface area contributed by atoms with Crippen LogP contribution in [0.15, 0.2) is 60.8 Å². The lowest BCUT2D eigenvalue weighted by atomic mass is 10.0. The molecule has 0 amide bonds. The van der Waals surface area contributed by atoms with E-state index in [0.29, 0.717) is 19.3 Å². The Kier molecular flexibility index (Phi) is 54.3. The molecule has 1 atom stereocenters. The first-order chi connectivity index (χ1) is 33.5. The van der Waals surface area contributed by atoms with Crippen molar-refractivity contribution >= 4 is 17.9 Å². The Morgan fingerprint density at radius 2 is 0.574 bits per heavy atom. The molecule has 0 spiro atoms. The van der Waals surface area contributed by atoms with E-state index in [0.717, 1.165) is 103 Å². The Bertz CT molecular complexity index is 1230. The number of rotatable bonds is 53. The molecule has 0 rings (SSSR count). The van der Waals surface area contributed by atoms with Crippen LogP contribution in [0.3, 0.4) is 0 Å². The summed E-state index contributed by atoms with van der Waals surface area (Å²) in [6.07, 6.45) is 70.6. The van der Waals surface area contributed by atoms with Gasteiger partial charge >= 0.3 is 17.9 Å². The van der Waals surface area contributed by atoms with Gasteiger partial charge in [0.1, 0.15) is 13.2 Å². The Hall–Kier alpha value is -2.89. The predicted octanol–water partition coefficient (Wildman–Crippen LogP) is 19.6. The van der Waals surface area contributed by atoms with Gasteiger partial charge in [0.05, 0.1) is 0 Å². The highest BCUT2D eigenvalue weighted by molar-refractivity contribution is 5.71. The van der Waals surface area contributed by atoms with Crippen LogP contribution in [0.1, 0.15) is 297 Å². The topological polar surface area (TPSA) is 78.9 Å². The summed E-state index contributed by atoms with van der Waals surface area (Å²) < 4.78 is 16.9. The normalized spacial score (nSPS) is 12.5. The van der Waals surface area contributed by atoms with Gasteiger partial charge in [-0.25, -0.2) is 0 Å². The lowest BCUT2D eigenvalue weighted by Gasteiger charge is -2.18. The Morgan fingerprint density at radius 1 is 0.309 bits per heavy atom. The van der Waals surface area contributed by atoms with Crippen molar-refractivity contribution < 1.29 is 28.6 Å². The molecule has 0 aromatic rings. The fraction of sp³-hybridized carbons (Fsp3) is 0.790. The van der Waals surface area contributed by atoms with Crippen molar-refractivity contribution in [3.05, 3.63) is 60.8 Å². The molecule has 394 valence electrons. The summed E-state index contributed by atoms with van der Waals surface area (Å²) in [7, 11) is 0. The minimum atomic E-state index is -0.783. The van der Waals surface area contributed by atoms with Crippen LogP contribution in [-0.2, 0) is 28.6 Å². The second-order valence-corrected chi connectivity index (χ2v) is 19.5. The number of esters is 3. The van der Waals surface area contributed by atoms with Gasteiger partial charge in [-0.15, -0.1) is 0 Å². The molecule has 0 aliphatic carbocycles. The minimum absolute atomic E-state index is 0.0794. The Labute approximate surface area is 421 Å². The molecular formula is C62H110O6. The molecule has 68 heavy (non-hydrogen) atoms. The molecule has 0 aliphatic rings. The third-order valence-electron chi connectivity index (χ3n) is 12.8. The van der Waals surface area contributed by atoms with Crippen molar-refractivity contribution in [2.45, 2.75) is 303 Å². The number of ether oxygens (including phenoxy) is 3. The highest BCUT2D eigenvalue weighted by atomic mass is 16.6. The average molecular weight is 952 g/mol. The van der Waals surface area contributed by atoms with Gasteiger partial charge in [0.2, 0.25) is 0 Å². The number of carbonyl (C=O) groups excluding carboxylic acids is 3. The summed E-state index contributed by atoms with van der Waals surface area (Å²) in [6, 6.07) is 0. The van der Waals surface area contributed by atoms with Gasteiger partial charge in [0, 0.05) is 19.3 Å². The monoisotopic (exact) mass is 951 g/mol. The molecule has 0 heterocycles. The molecule has 1 unspecified atom stereocenters. The average Bonchev–Trinajstić information content (AvgIpc) is 3.34. The molecule has 0 aromatic carbocycles. The summed E-state index contributed by atoms with van der Waals surface area (Å²) in [5.74, 6) is -0.889. The maximum Gasteiger partial charge on any atom is 0.306 e. The van der Waals surface area contributed by atoms with Crippen LogP contribution in [0, 0.1) is 0 Å². The van der Waals surface area contributed by atoms with Gasteiger partial charge in [-0.1, -0.05) is 255 Å². The zero-order chi connectivity index (χ0) is 49.3. The van der Waals surface area contributed by atoms with E-state index < -0.39 is 6.10 Å². The van der Waals surface area contributed by atoms with E-state index >= 15 is 0 Å². The quantitative estimate of drug-likeness (QED) is 0.0262. The first-order valence-electron chi connectivity index (χ1n) is 29.3. The third kappa shape index (κ3) is 54.1. The van der Waals surface area contributed by atoms with E-state index in [9.17, 15) is 14.4 Å². The second-order valence-electron chi connectivity index (χ2n) is 19.5. The van der Waals surface area contributed by atoms with E-state index in [4.69, 9.17) is 14.2 Å². The van der Waals surface area contributed by atoms with Gasteiger partial charge in [0.25, 0.3) is 0 Å². The minimum Gasteiger partial charge on any atom is -0.462 e. The van der Waals surface area contributed by atoms with Crippen LogP contribution in [0.25, 0.3) is 0 Å². The Morgan fingerprint density at radius 3 is 0.912 bits per heavy atom. The van der Waals surface area contributed by atoms with Crippen molar-refractivity contribution in [2.75, 3.05) is 13.2 Å². The van der Waals surface area contributed by atoms with E-state index in [2.05, 4.69) is 81.5 Å². The molecule has 6 nitrogen and oxygen atoms in total. The SMILES string of the molecule is CC/C=C\C/C=C\C/C=C\C/C=C\CCCCCCCCC(=O)OCC(COC(=O)CCCCCCCCCCCCCCCCC)OC(=O)CCCCCCC/C=C\CCCCCCCCC. The van der Waals surface area contributed by atoms with E-state index in [1.54, 1.807) is 0 Å². The molecule has 0 fully saturated rings. The molecule has 0 N–H and O–H groups in total. The maximum atomic E-state index is 12.9. The van der Waals surface area contributed by atoms with Gasteiger partial charge in [0.15, 0.2) is 6.10 Å². The lowest BCUT2D eigenvalue weighted by Crippen LogP contribution is -2.30. The van der Waals surface area contributed by atoms with Crippen molar-refractivity contribution in [1.29, 1.82) is 0 Å². The summed E-state index contributed by atoms with van der Waals surface area (Å²) in [5, 5.41) is 0. The largest absolute Gasteiger partial charge is 0.462 e. The lowest BCUT2D eigenvalue weighted by molar-refractivity contribution is -0.167. The van der Waals surface area contributed by atoms with Gasteiger partial charge in [-0.05, 0) is 83.5 Å². The molecule has 0 saturated carbocycles. The van der Waals surface area contributed by atoms with Crippen LogP contribution < -0.4 is 0 Å². The van der Waals surface area contributed by atoms with Crippen molar-refractivity contribution in [2.24, 2.45) is 0 Å². The molecule has 6 heteroatoms. The van der Waals surface area contributed by atoms with Crippen molar-refractivity contribution in [1.82, 2.24) is 0 Å². The molecular weight excluding hydrogens is 841 g/mol. The van der Waals surface area contributed by atoms with Crippen molar-refractivity contribution in [3.63, 3.8) is 0 Å². The Balaban J connectivity index is 4.39. The van der Waals surface area contributed by atoms with E-state index in [1.807, 2.05) is 0 Å². The summed E-state index contributed by atoms with van der Waals surface area (Å²) in [6.45, 7) is 6.54. The zero-order valence-corrected chi connectivity index (χ0v) is 45.1. The highest BCUT2D eigenvalue weighted by Gasteiger charge is 2.19. The number of allylic oxidation sites excluding steroid dienone is 10. The summed E-state index contributed by atoms with van der Waals surface area (Å²) >= 11 is 0. The first-order valence-corrected chi connectivity index (χ1v) is 29.3. The van der Waals surface area contributed by atoms with Crippen LogP contribution in [0.4, 0.5) is 0 Å². The highest BCUT2D eigenvalue weighted by Crippen LogP contribution is 2.16. The van der Waals surface area contributed by atoms with E-state index in [-0.39, 0.29) is 31.1 Å². The smallest absolute Gasteiger partial charge is 0.306 e. The molecule has 0 aromatic heterocycles. The molecule has 0 bridgehead atoms. The summed E-state index contributed by atoms with van der Waals surface area (Å²) in [5.41, 5.74) is 0. The van der Waals surface area contributed by atoms with E-state index in [1.165, 1.54) is 154 Å². The van der Waals surface area contributed by atoms with Gasteiger partial charge in [-0.3, -0.25) is 14.4 Å². The second kappa shape index (κ2) is 56.7. The number of carbonyl (C=O) groups is 3. The van der Waals surface area contributed by atoms with Crippen LogP contribution in [-0.4, -0.2) is 37.2 Å².